The number of para-hydroxylation sites is 1. The van der Waals surface area contributed by atoms with E-state index in [1.54, 1.807) is 18.4 Å². The lowest BCUT2D eigenvalue weighted by Crippen LogP contribution is -1.96. The van der Waals surface area contributed by atoms with Gasteiger partial charge in [0.05, 0.1) is 26.8 Å². The first kappa shape index (κ1) is 15.0. The molecule has 3 rings (SSSR count). The largest absolute Gasteiger partial charge is 0.496 e. The fourth-order valence-electron chi connectivity index (χ4n) is 2.16. The van der Waals surface area contributed by atoms with E-state index in [1.807, 2.05) is 12.1 Å². The molecule has 0 aliphatic carbocycles. The Balaban J connectivity index is 1.82. The average molecular weight is 427 g/mol. The van der Waals surface area contributed by atoms with Gasteiger partial charge in [-0.15, -0.1) is 11.3 Å². The van der Waals surface area contributed by atoms with Gasteiger partial charge in [0.2, 0.25) is 0 Å². The van der Waals surface area contributed by atoms with Gasteiger partial charge in [-0.2, -0.15) is 0 Å². The Kier molecular flexibility index (Phi) is 4.62. The normalized spacial score (nSPS) is 12.5. The van der Waals surface area contributed by atoms with Gasteiger partial charge < -0.3 is 4.74 Å². The zero-order valence-corrected chi connectivity index (χ0v) is 15.3. The minimum Gasteiger partial charge on any atom is -0.496 e. The highest BCUT2D eigenvalue weighted by atomic mass is 79.9. The molecule has 3 aromatic rings. The van der Waals surface area contributed by atoms with Crippen molar-refractivity contribution in [2.75, 3.05) is 7.11 Å². The van der Waals surface area contributed by atoms with Crippen molar-refractivity contribution in [2.24, 2.45) is 0 Å². The van der Waals surface area contributed by atoms with Crippen LogP contribution < -0.4 is 4.74 Å². The molecule has 1 heterocycles. The van der Waals surface area contributed by atoms with E-state index in [-0.39, 0.29) is 4.83 Å². The number of benzene rings is 2. The third-order valence-corrected chi connectivity index (χ3v) is 5.76. The van der Waals surface area contributed by atoms with E-state index in [0.717, 1.165) is 27.2 Å². The smallest absolute Gasteiger partial charge is 0.133 e. The number of hydrogen-bond acceptors (Lipinski definition) is 3. The molecule has 2 nitrogen and oxygen atoms in total. The highest BCUT2D eigenvalue weighted by molar-refractivity contribution is 9.10. The zero-order valence-electron chi connectivity index (χ0n) is 11.3. The molecular weight excluding hydrogens is 414 g/mol. The molecule has 0 saturated carbocycles. The standard InChI is InChI=1S/C16H13Br2NOS/c1-20-14-7-6-10(8-12(14)18)11(17)9-16-19-13-4-2-3-5-15(13)21-16/h2-8,11H,9H2,1H3. The molecule has 2 aromatic carbocycles. The SMILES string of the molecule is COc1ccc(C(Br)Cc2nc3ccccc3s2)cc1Br. The summed E-state index contributed by atoms with van der Waals surface area (Å²) >= 11 is 9.05. The van der Waals surface area contributed by atoms with Gasteiger partial charge in [0.1, 0.15) is 5.75 Å². The van der Waals surface area contributed by atoms with Crippen molar-refractivity contribution in [1.82, 2.24) is 4.98 Å². The molecule has 1 atom stereocenters. The Labute approximate surface area is 144 Å². The fourth-order valence-corrected chi connectivity index (χ4v) is 4.53. The number of alkyl halides is 1. The number of nitrogens with zero attached hydrogens (tertiary/aromatic N) is 1. The van der Waals surface area contributed by atoms with Gasteiger partial charge in [-0.05, 0) is 45.8 Å². The Hall–Kier alpha value is -0.910. The van der Waals surface area contributed by atoms with Gasteiger partial charge in [-0.1, -0.05) is 34.1 Å². The number of thiazole rings is 1. The summed E-state index contributed by atoms with van der Waals surface area (Å²) in [5.74, 6) is 0.846. The molecule has 0 fully saturated rings. The second-order valence-electron chi connectivity index (χ2n) is 4.64. The van der Waals surface area contributed by atoms with Gasteiger partial charge in [-0.3, -0.25) is 0 Å². The molecular formula is C16H13Br2NOS. The maximum absolute atomic E-state index is 5.27. The van der Waals surface area contributed by atoms with E-state index < -0.39 is 0 Å². The quantitative estimate of drug-likeness (QED) is 0.495. The topological polar surface area (TPSA) is 22.1 Å². The molecule has 21 heavy (non-hydrogen) atoms. The van der Waals surface area contributed by atoms with E-state index in [4.69, 9.17) is 4.74 Å². The first-order valence-electron chi connectivity index (χ1n) is 6.49. The van der Waals surface area contributed by atoms with Crippen LogP contribution in [0.5, 0.6) is 5.75 Å². The zero-order chi connectivity index (χ0) is 14.8. The van der Waals surface area contributed by atoms with E-state index in [2.05, 4.69) is 67.2 Å². The molecule has 108 valence electrons. The van der Waals surface area contributed by atoms with Crippen molar-refractivity contribution in [3.05, 3.63) is 57.5 Å². The van der Waals surface area contributed by atoms with Crippen LogP contribution in [-0.4, -0.2) is 12.1 Å². The van der Waals surface area contributed by atoms with Crippen LogP contribution >= 0.6 is 43.2 Å². The summed E-state index contributed by atoms with van der Waals surface area (Å²) in [6.45, 7) is 0. The van der Waals surface area contributed by atoms with Crippen LogP contribution in [-0.2, 0) is 6.42 Å². The van der Waals surface area contributed by atoms with Gasteiger partial charge in [0.25, 0.3) is 0 Å². The van der Waals surface area contributed by atoms with Crippen molar-refractivity contribution in [2.45, 2.75) is 11.2 Å². The van der Waals surface area contributed by atoms with E-state index in [9.17, 15) is 0 Å². The third kappa shape index (κ3) is 3.30. The highest BCUT2D eigenvalue weighted by Gasteiger charge is 2.13. The van der Waals surface area contributed by atoms with Gasteiger partial charge in [0, 0.05) is 11.2 Å². The summed E-state index contributed by atoms with van der Waals surface area (Å²) in [6, 6.07) is 14.4. The third-order valence-electron chi connectivity index (χ3n) is 3.23. The Bertz CT molecular complexity index is 739. The number of aromatic nitrogens is 1. The van der Waals surface area contributed by atoms with Crippen molar-refractivity contribution in [3.63, 3.8) is 0 Å². The van der Waals surface area contributed by atoms with Gasteiger partial charge >= 0.3 is 0 Å². The summed E-state index contributed by atoms with van der Waals surface area (Å²) in [6.07, 6.45) is 0.873. The maximum atomic E-state index is 5.27. The minimum atomic E-state index is 0.236. The van der Waals surface area contributed by atoms with Crippen LogP contribution in [0.2, 0.25) is 0 Å². The second kappa shape index (κ2) is 6.46. The number of hydrogen-bond donors (Lipinski definition) is 0. The molecule has 0 amide bonds. The summed E-state index contributed by atoms with van der Waals surface area (Å²) in [4.78, 5) is 4.92. The summed E-state index contributed by atoms with van der Waals surface area (Å²) in [7, 11) is 1.67. The van der Waals surface area contributed by atoms with Gasteiger partial charge in [0.15, 0.2) is 0 Å². The number of rotatable bonds is 4. The molecule has 0 bridgehead atoms. The molecule has 1 aromatic heterocycles. The highest BCUT2D eigenvalue weighted by Crippen LogP contribution is 2.34. The van der Waals surface area contributed by atoms with Crippen molar-refractivity contribution >= 4 is 53.4 Å². The Morgan fingerprint density at radius 2 is 2.05 bits per heavy atom. The van der Waals surface area contributed by atoms with Crippen molar-refractivity contribution in [1.29, 1.82) is 0 Å². The molecule has 0 spiro atoms. The summed E-state index contributed by atoms with van der Waals surface area (Å²) < 4.78 is 7.47. The number of fused-ring (bicyclic) bond motifs is 1. The monoisotopic (exact) mass is 425 g/mol. The first-order valence-corrected chi connectivity index (χ1v) is 9.02. The summed E-state index contributed by atoms with van der Waals surface area (Å²) in [5.41, 5.74) is 2.29. The molecule has 0 N–H and O–H groups in total. The van der Waals surface area contributed by atoms with Crippen LogP contribution in [0, 0.1) is 0 Å². The van der Waals surface area contributed by atoms with Crippen molar-refractivity contribution < 1.29 is 4.74 Å². The van der Waals surface area contributed by atoms with Crippen molar-refractivity contribution in [3.8, 4) is 5.75 Å². The minimum absolute atomic E-state index is 0.236. The molecule has 0 radical (unpaired) electrons. The number of methoxy groups -OCH3 is 1. The summed E-state index contributed by atoms with van der Waals surface area (Å²) in [5, 5.41) is 1.14. The Morgan fingerprint density at radius 1 is 1.24 bits per heavy atom. The average Bonchev–Trinajstić information content (AvgIpc) is 2.89. The van der Waals surface area contributed by atoms with Crippen LogP contribution in [0.15, 0.2) is 46.9 Å². The number of ether oxygens (including phenoxy) is 1. The molecule has 1 unspecified atom stereocenters. The number of halogens is 2. The lowest BCUT2D eigenvalue weighted by atomic mass is 10.1. The second-order valence-corrected chi connectivity index (χ2v) is 7.72. The Morgan fingerprint density at radius 3 is 2.76 bits per heavy atom. The van der Waals surface area contributed by atoms with E-state index >= 15 is 0 Å². The lowest BCUT2D eigenvalue weighted by Gasteiger charge is -2.11. The van der Waals surface area contributed by atoms with Crippen LogP contribution in [0.4, 0.5) is 0 Å². The fraction of sp³-hybridized carbons (Fsp3) is 0.188. The van der Waals surface area contributed by atoms with E-state index in [1.165, 1.54) is 10.3 Å². The predicted molar refractivity (Wildman–Crippen MR) is 95.7 cm³/mol. The predicted octanol–water partition coefficient (Wildman–Crippen LogP) is 5.75. The first-order chi connectivity index (χ1) is 10.2. The molecule has 0 saturated heterocycles. The molecule has 0 aliphatic heterocycles. The molecule has 5 heteroatoms. The molecule has 0 aliphatic rings. The van der Waals surface area contributed by atoms with Crippen LogP contribution in [0.1, 0.15) is 15.4 Å². The van der Waals surface area contributed by atoms with Crippen LogP contribution in [0.25, 0.3) is 10.2 Å². The van der Waals surface area contributed by atoms with E-state index in [0.29, 0.717) is 0 Å². The van der Waals surface area contributed by atoms with Gasteiger partial charge in [-0.25, -0.2) is 4.98 Å². The maximum Gasteiger partial charge on any atom is 0.133 e. The lowest BCUT2D eigenvalue weighted by molar-refractivity contribution is 0.412. The van der Waals surface area contributed by atoms with Crippen LogP contribution in [0.3, 0.4) is 0 Å².